The van der Waals surface area contributed by atoms with Crippen LogP contribution >= 0.6 is 0 Å². The molecule has 5 heteroatoms. The standard InChI is InChI=1S/C16H18N2O3/c1-11(15-7-4-8-21-15)17-10-16(20)18-14-6-3-5-13(9-14)12(2)19/h3-9,11,17H,10H2,1-2H3,(H,18,20)/t11-/m0/s1. The van der Waals surface area contributed by atoms with Crippen molar-refractivity contribution in [2.24, 2.45) is 0 Å². The van der Waals surface area contributed by atoms with E-state index in [1.54, 1.807) is 36.6 Å². The van der Waals surface area contributed by atoms with Gasteiger partial charge in [-0.15, -0.1) is 0 Å². The van der Waals surface area contributed by atoms with E-state index in [2.05, 4.69) is 10.6 Å². The van der Waals surface area contributed by atoms with Gasteiger partial charge in [-0.2, -0.15) is 0 Å². The summed E-state index contributed by atoms with van der Waals surface area (Å²) < 4.78 is 5.26. The van der Waals surface area contributed by atoms with Crippen LogP contribution in [-0.4, -0.2) is 18.2 Å². The van der Waals surface area contributed by atoms with E-state index in [1.807, 2.05) is 13.0 Å². The third-order valence-corrected chi connectivity index (χ3v) is 3.09. The second kappa shape index (κ2) is 6.85. The number of Topliss-reactive ketones (excluding diaryl/α,β-unsaturated/α-hetero) is 1. The van der Waals surface area contributed by atoms with Crippen LogP contribution in [0.25, 0.3) is 0 Å². The largest absolute Gasteiger partial charge is 0.468 e. The zero-order valence-electron chi connectivity index (χ0n) is 12.1. The number of carbonyl (C=O) groups is 2. The Bertz CT molecular complexity index is 620. The molecule has 2 rings (SSSR count). The van der Waals surface area contributed by atoms with Gasteiger partial charge < -0.3 is 9.73 Å². The van der Waals surface area contributed by atoms with Crippen LogP contribution < -0.4 is 10.6 Å². The van der Waals surface area contributed by atoms with E-state index in [0.717, 1.165) is 5.76 Å². The van der Waals surface area contributed by atoms with Crippen molar-refractivity contribution >= 4 is 17.4 Å². The van der Waals surface area contributed by atoms with Gasteiger partial charge in [0, 0.05) is 11.3 Å². The lowest BCUT2D eigenvalue weighted by Crippen LogP contribution is -2.30. The molecule has 0 aliphatic heterocycles. The molecule has 2 aromatic rings. The Labute approximate surface area is 123 Å². The van der Waals surface area contributed by atoms with E-state index in [-0.39, 0.29) is 24.3 Å². The summed E-state index contributed by atoms with van der Waals surface area (Å²) in [7, 11) is 0. The average Bonchev–Trinajstić information content (AvgIpc) is 2.99. The zero-order chi connectivity index (χ0) is 15.2. The summed E-state index contributed by atoms with van der Waals surface area (Å²) in [4.78, 5) is 23.2. The Balaban J connectivity index is 1.87. The van der Waals surface area contributed by atoms with Crippen molar-refractivity contribution in [2.75, 3.05) is 11.9 Å². The summed E-state index contributed by atoms with van der Waals surface area (Å²) in [6.45, 7) is 3.57. The minimum Gasteiger partial charge on any atom is -0.468 e. The smallest absolute Gasteiger partial charge is 0.238 e. The van der Waals surface area contributed by atoms with Crippen molar-refractivity contribution in [3.8, 4) is 0 Å². The highest BCUT2D eigenvalue weighted by Crippen LogP contribution is 2.13. The molecule has 1 aromatic carbocycles. The van der Waals surface area contributed by atoms with Crippen LogP contribution in [0.15, 0.2) is 47.1 Å². The molecule has 0 saturated heterocycles. The Kier molecular flexibility index (Phi) is 4.90. The lowest BCUT2D eigenvalue weighted by molar-refractivity contribution is -0.115. The molecule has 1 aromatic heterocycles. The second-order valence-electron chi connectivity index (χ2n) is 4.80. The van der Waals surface area contributed by atoms with Crippen LogP contribution in [0.5, 0.6) is 0 Å². The highest BCUT2D eigenvalue weighted by Gasteiger charge is 2.10. The van der Waals surface area contributed by atoms with Crippen molar-refractivity contribution in [3.63, 3.8) is 0 Å². The van der Waals surface area contributed by atoms with E-state index in [1.165, 1.54) is 6.92 Å². The van der Waals surface area contributed by atoms with Gasteiger partial charge in [-0.1, -0.05) is 12.1 Å². The molecule has 110 valence electrons. The predicted octanol–water partition coefficient (Wildman–Crippen LogP) is 2.77. The topological polar surface area (TPSA) is 71.3 Å². The zero-order valence-corrected chi connectivity index (χ0v) is 12.1. The number of hydrogen-bond acceptors (Lipinski definition) is 4. The monoisotopic (exact) mass is 286 g/mol. The van der Waals surface area contributed by atoms with Gasteiger partial charge in [-0.25, -0.2) is 0 Å². The van der Waals surface area contributed by atoms with E-state index in [0.29, 0.717) is 11.3 Å². The minimum absolute atomic E-state index is 0.0318. The quantitative estimate of drug-likeness (QED) is 0.801. The van der Waals surface area contributed by atoms with E-state index < -0.39 is 0 Å². The summed E-state index contributed by atoms with van der Waals surface area (Å²) in [6, 6.07) is 10.5. The van der Waals surface area contributed by atoms with Crippen molar-refractivity contribution in [1.82, 2.24) is 5.32 Å². The van der Waals surface area contributed by atoms with Crippen molar-refractivity contribution in [3.05, 3.63) is 54.0 Å². The molecule has 1 atom stereocenters. The third-order valence-electron chi connectivity index (χ3n) is 3.09. The summed E-state index contributed by atoms with van der Waals surface area (Å²) in [6.07, 6.45) is 1.60. The van der Waals surface area contributed by atoms with Gasteiger partial charge in [-0.3, -0.25) is 14.9 Å². The van der Waals surface area contributed by atoms with Gasteiger partial charge in [0.2, 0.25) is 5.91 Å². The highest BCUT2D eigenvalue weighted by molar-refractivity contribution is 5.97. The third kappa shape index (κ3) is 4.29. The molecule has 21 heavy (non-hydrogen) atoms. The van der Waals surface area contributed by atoms with Crippen molar-refractivity contribution in [1.29, 1.82) is 0 Å². The fourth-order valence-electron chi connectivity index (χ4n) is 1.91. The Hall–Kier alpha value is -2.40. The van der Waals surface area contributed by atoms with Gasteiger partial charge in [0.1, 0.15) is 5.76 Å². The molecule has 1 amide bonds. The number of rotatable bonds is 6. The predicted molar refractivity (Wildman–Crippen MR) is 80.2 cm³/mol. The second-order valence-corrected chi connectivity index (χ2v) is 4.80. The first-order valence-electron chi connectivity index (χ1n) is 6.74. The molecule has 0 aliphatic carbocycles. The van der Waals surface area contributed by atoms with E-state index >= 15 is 0 Å². The van der Waals surface area contributed by atoms with Crippen molar-refractivity contribution < 1.29 is 14.0 Å². The number of ketones is 1. The van der Waals surface area contributed by atoms with Crippen LogP contribution in [-0.2, 0) is 4.79 Å². The molecular weight excluding hydrogens is 268 g/mol. The number of hydrogen-bond donors (Lipinski definition) is 2. The summed E-state index contributed by atoms with van der Waals surface area (Å²) in [5, 5.41) is 5.82. The first-order chi connectivity index (χ1) is 10.1. The maximum atomic E-state index is 11.9. The van der Waals surface area contributed by atoms with Gasteiger partial charge in [-0.05, 0) is 38.1 Å². The van der Waals surface area contributed by atoms with E-state index in [9.17, 15) is 9.59 Å². The van der Waals surface area contributed by atoms with Crippen LogP contribution in [0.1, 0.15) is 36.0 Å². The Morgan fingerprint density at radius 2 is 2.05 bits per heavy atom. The summed E-state index contributed by atoms with van der Waals surface area (Å²) in [5.41, 5.74) is 1.19. The molecule has 5 nitrogen and oxygen atoms in total. The average molecular weight is 286 g/mol. The molecule has 0 fully saturated rings. The van der Waals surface area contributed by atoms with E-state index in [4.69, 9.17) is 4.42 Å². The molecule has 0 aliphatic rings. The lowest BCUT2D eigenvalue weighted by Gasteiger charge is -2.11. The van der Waals surface area contributed by atoms with Gasteiger partial charge in [0.15, 0.2) is 5.78 Å². The number of anilines is 1. The minimum atomic E-state index is -0.172. The number of carbonyl (C=O) groups excluding carboxylic acids is 2. The number of nitrogens with one attached hydrogen (secondary N) is 2. The number of benzene rings is 1. The Morgan fingerprint density at radius 3 is 2.71 bits per heavy atom. The van der Waals surface area contributed by atoms with Gasteiger partial charge in [0.05, 0.1) is 18.8 Å². The van der Waals surface area contributed by atoms with Crippen molar-refractivity contribution in [2.45, 2.75) is 19.9 Å². The molecule has 0 bridgehead atoms. The molecule has 0 spiro atoms. The molecule has 0 unspecified atom stereocenters. The molecule has 0 saturated carbocycles. The van der Waals surface area contributed by atoms with Crippen LogP contribution in [0.3, 0.4) is 0 Å². The summed E-state index contributed by atoms with van der Waals surface area (Å²) in [5.74, 6) is 0.575. The normalized spacial score (nSPS) is 11.9. The lowest BCUT2D eigenvalue weighted by atomic mass is 10.1. The summed E-state index contributed by atoms with van der Waals surface area (Å²) >= 11 is 0. The maximum absolute atomic E-state index is 11.9. The van der Waals surface area contributed by atoms with Gasteiger partial charge >= 0.3 is 0 Å². The molecular formula is C16H18N2O3. The molecule has 1 heterocycles. The van der Waals surface area contributed by atoms with Crippen LogP contribution in [0, 0.1) is 0 Å². The molecule has 2 N–H and O–H groups in total. The Morgan fingerprint density at radius 1 is 1.24 bits per heavy atom. The first-order valence-corrected chi connectivity index (χ1v) is 6.74. The fraction of sp³-hybridized carbons (Fsp3) is 0.250. The number of furan rings is 1. The fourth-order valence-corrected chi connectivity index (χ4v) is 1.91. The molecule has 0 radical (unpaired) electrons. The SMILES string of the molecule is CC(=O)c1cccc(NC(=O)CN[C@@H](C)c2ccco2)c1. The highest BCUT2D eigenvalue weighted by atomic mass is 16.3. The first kappa shape index (κ1) is 15.0. The maximum Gasteiger partial charge on any atom is 0.238 e. The van der Waals surface area contributed by atoms with Crippen LogP contribution in [0.4, 0.5) is 5.69 Å². The van der Waals surface area contributed by atoms with Crippen LogP contribution in [0.2, 0.25) is 0 Å². The number of amides is 1. The van der Waals surface area contributed by atoms with Gasteiger partial charge in [0.25, 0.3) is 0 Å².